The normalized spacial score (nSPS) is 20.4. The summed E-state index contributed by atoms with van der Waals surface area (Å²) in [5.74, 6) is 2.19. The molecule has 24 heavy (non-hydrogen) atoms. The van der Waals surface area contributed by atoms with Gasteiger partial charge >= 0.3 is 0 Å². The van der Waals surface area contributed by atoms with E-state index in [4.69, 9.17) is 9.26 Å². The minimum atomic E-state index is -0.113. The van der Waals surface area contributed by atoms with Gasteiger partial charge in [-0.3, -0.25) is 4.79 Å². The van der Waals surface area contributed by atoms with Crippen LogP contribution in [0.4, 0.5) is 0 Å². The highest BCUT2D eigenvalue weighted by Gasteiger charge is 2.36. The molecule has 1 saturated carbocycles. The zero-order valence-electron chi connectivity index (χ0n) is 13.6. The Balaban J connectivity index is 1.55. The molecule has 2 aliphatic rings. The summed E-state index contributed by atoms with van der Waals surface area (Å²) in [5, 5.41) is 4.12. The molecular weight excluding hydrogens is 308 g/mol. The average molecular weight is 328 g/mol. The van der Waals surface area contributed by atoms with E-state index in [1.807, 2.05) is 11.8 Å². The van der Waals surface area contributed by atoms with E-state index < -0.39 is 0 Å². The van der Waals surface area contributed by atoms with Gasteiger partial charge in [-0.2, -0.15) is 4.98 Å². The largest absolute Gasteiger partial charge is 0.478 e. The molecule has 3 heterocycles. The Bertz CT molecular complexity index is 741. The molecule has 1 saturated heterocycles. The van der Waals surface area contributed by atoms with Gasteiger partial charge in [0, 0.05) is 30.3 Å². The van der Waals surface area contributed by atoms with Crippen molar-refractivity contribution in [3.05, 3.63) is 35.6 Å². The van der Waals surface area contributed by atoms with Crippen LogP contribution in [0.3, 0.4) is 0 Å². The highest BCUT2D eigenvalue weighted by molar-refractivity contribution is 5.94. The topological polar surface area (TPSA) is 81.4 Å². The fourth-order valence-electron chi connectivity index (χ4n) is 3.09. The number of carbonyl (C=O) groups excluding carboxylic acids is 1. The van der Waals surface area contributed by atoms with E-state index in [0.29, 0.717) is 42.2 Å². The Morgan fingerprint density at radius 2 is 2.29 bits per heavy atom. The third kappa shape index (κ3) is 2.86. The van der Waals surface area contributed by atoms with E-state index in [2.05, 4.69) is 15.1 Å². The van der Waals surface area contributed by atoms with E-state index in [9.17, 15) is 4.79 Å². The lowest BCUT2D eigenvalue weighted by atomic mass is 10.2. The highest BCUT2D eigenvalue weighted by atomic mass is 16.5. The molecular formula is C17H20N4O3. The number of amides is 1. The minimum Gasteiger partial charge on any atom is -0.478 e. The van der Waals surface area contributed by atoms with Crippen molar-refractivity contribution in [3.63, 3.8) is 0 Å². The van der Waals surface area contributed by atoms with Crippen LogP contribution >= 0.6 is 0 Å². The van der Waals surface area contributed by atoms with Crippen LogP contribution < -0.4 is 4.74 Å². The summed E-state index contributed by atoms with van der Waals surface area (Å²) in [6.45, 7) is 3.10. The van der Waals surface area contributed by atoms with Crippen molar-refractivity contribution in [2.45, 2.75) is 44.6 Å². The van der Waals surface area contributed by atoms with Crippen molar-refractivity contribution in [3.8, 4) is 5.88 Å². The number of hydrogen-bond acceptors (Lipinski definition) is 6. The first-order valence-electron chi connectivity index (χ1n) is 8.49. The molecule has 2 fully saturated rings. The SMILES string of the molecule is CCOc1cc(C(=O)N2CCC[C@@H]2c2noc(C3CC3)n2)ccn1. The summed E-state index contributed by atoms with van der Waals surface area (Å²) in [5.41, 5.74) is 0.575. The zero-order valence-corrected chi connectivity index (χ0v) is 13.6. The minimum absolute atomic E-state index is 0.0429. The second-order valence-corrected chi connectivity index (χ2v) is 6.24. The summed E-state index contributed by atoms with van der Waals surface area (Å²) in [7, 11) is 0. The molecule has 1 amide bonds. The quantitative estimate of drug-likeness (QED) is 0.839. The van der Waals surface area contributed by atoms with Crippen LogP contribution in [0.25, 0.3) is 0 Å². The van der Waals surface area contributed by atoms with E-state index in [0.717, 1.165) is 25.7 Å². The summed E-state index contributed by atoms with van der Waals surface area (Å²) in [6.07, 6.45) is 5.63. The predicted molar refractivity (Wildman–Crippen MR) is 84.7 cm³/mol. The van der Waals surface area contributed by atoms with Gasteiger partial charge in [-0.25, -0.2) is 4.98 Å². The summed E-state index contributed by atoms with van der Waals surface area (Å²) >= 11 is 0. The number of hydrogen-bond donors (Lipinski definition) is 0. The lowest BCUT2D eigenvalue weighted by Gasteiger charge is -2.22. The van der Waals surface area contributed by atoms with Crippen molar-refractivity contribution in [1.29, 1.82) is 0 Å². The van der Waals surface area contributed by atoms with Gasteiger partial charge in [-0.05, 0) is 38.7 Å². The summed E-state index contributed by atoms with van der Waals surface area (Å²) in [6, 6.07) is 3.29. The average Bonchev–Trinajstić information content (AvgIpc) is 3.13. The van der Waals surface area contributed by atoms with Crippen LogP contribution in [0.1, 0.15) is 66.6 Å². The van der Waals surface area contributed by atoms with Crippen LogP contribution in [0.2, 0.25) is 0 Å². The number of rotatable bonds is 5. The molecule has 0 N–H and O–H groups in total. The molecule has 1 aliphatic carbocycles. The van der Waals surface area contributed by atoms with Gasteiger partial charge in [-0.15, -0.1) is 0 Å². The van der Waals surface area contributed by atoms with Gasteiger partial charge < -0.3 is 14.2 Å². The van der Waals surface area contributed by atoms with Crippen LogP contribution in [0.15, 0.2) is 22.9 Å². The smallest absolute Gasteiger partial charge is 0.254 e. The van der Waals surface area contributed by atoms with Crippen molar-refractivity contribution in [2.75, 3.05) is 13.2 Å². The monoisotopic (exact) mass is 328 g/mol. The predicted octanol–water partition coefficient (Wildman–Crippen LogP) is 2.72. The third-order valence-electron chi connectivity index (χ3n) is 4.47. The first-order valence-corrected chi connectivity index (χ1v) is 8.49. The van der Waals surface area contributed by atoms with Crippen LogP contribution in [-0.4, -0.2) is 39.1 Å². The first-order chi connectivity index (χ1) is 11.8. The second kappa shape index (κ2) is 6.22. The Morgan fingerprint density at radius 3 is 3.08 bits per heavy atom. The van der Waals surface area contributed by atoms with Crippen molar-refractivity contribution >= 4 is 5.91 Å². The molecule has 7 nitrogen and oxygen atoms in total. The van der Waals surface area contributed by atoms with Gasteiger partial charge in [0.15, 0.2) is 5.82 Å². The van der Waals surface area contributed by atoms with E-state index in [1.165, 1.54) is 0 Å². The molecule has 4 rings (SSSR count). The molecule has 1 atom stereocenters. The van der Waals surface area contributed by atoms with Crippen molar-refractivity contribution in [2.24, 2.45) is 0 Å². The van der Waals surface area contributed by atoms with Gasteiger partial charge in [0.25, 0.3) is 5.91 Å². The van der Waals surface area contributed by atoms with E-state index in [1.54, 1.807) is 18.3 Å². The third-order valence-corrected chi connectivity index (χ3v) is 4.47. The maximum Gasteiger partial charge on any atom is 0.254 e. The molecule has 7 heteroatoms. The van der Waals surface area contributed by atoms with E-state index >= 15 is 0 Å². The molecule has 0 radical (unpaired) electrons. The van der Waals surface area contributed by atoms with Crippen LogP contribution in [-0.2, 0) is 0 Å². The number of aromatic nitrogens is 3. The van der Waals surface area contributed by atoms with Gasteiger partial charge in [0.05, 0.1) is 12.6 Å². The van der Waals surface area contributed by atoms with Gasteiger partial charge in [0.2, 0.25) is 11.8 Å². The number of likely N-dealkylation sites (tertiary alicyclic amines) is 1. The Labute approximate surface area is 140 Å². The van der Waals surface area contributed by atoms with Crippen molar-refractivity contribution < 1.29 is 14.1 Å². The molecule has 126 valence electrons. The first kappa shape index (κ1) is 15.1. The summed E-state index contributed by atoms with van der Waals surface area (Å²) in [4.78, 5) is 23.4. The lowest BCUT2D eigenvalue weighted by Crippen LogP contribution is -2.31. The number of nitrogens with zero attached hydrogens (tertiary/aromatic N) is 4. The van der Waals surface area contributed by atoms with Gasteiger partial charge in [-0.1, -0.05) is 5.16 Å². The van der Waals surface area contributed by atoms with Gasteiger partial charge in [0.1, 0.15) is 0 Å². The second-order valence-electron chi connectivity index (χ2n) is 6.24. The number of pyridine rings is 1. The van der Waals surface area contributed by atoms with E-state index in [-0.39, 0.29) is 11.9 Å². The van der Waals surface area contributed by atoms with Crippen LogP contribution in [0, 0.1) is 0 Å². The molecule has 0 bridgehead atoms. The fraction of sp³-hybridized carbons (Fsp3) is 0.529. The molecule has 2 aromatic rings. The Morgan fingerprint density at radius 1 is 1.42 bits per heavy atom. The Kier molecular flexibility index (Phi) is 3.92. The highest BCUT2D eigenvalue weighted by Crippen LogP contribution is 2.40. The fourth-order valence-corrected chi connectivity index (χ4v) is 3.09. The maximum absolute atomic E-state index is 12.9. The Hall–Kier alpha value is -2.44. The molecule has 0 spiro atoms. The number of carbonyl (C=O) groups is 1. The molecule has 0 aromatic carbocycles. The van der Waals surface area contributed by atoms with Crippen LogP contribution in [0.5, 0.6) is 5.88 Å². The zero-order chi connectivity index (χ0) is 16.5. The standard InChI is InChI=1S/C17H20N4O3/c1-2-23-14-10-12(7-8-18-14)17(22)21-9-3-4-13(21)15-19-16(24-20-15)11-5-6-11/h7-8,10-11,13H,2-6,9H2,1H3/t13-/m1/s1. The molecule has 0 unspecified atom stereocenters. The summed E-state index contributed by atoms with van der Waals surface area (Å²) < 4.78 is 10.7. The molecule has 1 aliphatic heterocycles. The number of ether oxygens (including phenoxy) is 1. The maximum atomic E-state index is 12.9. The molecule has 2 aromatic heterocycles. The van der Waals surface area contributed by atoms with Crippen molar-refractivity contribution in [1.82, 2.24) is 20.0 Å². The lowest BCUT2D eigenvalue weighted by molar-refractivity contribution is 0.0727.